The normalized spacial score (nSPS) is 11.1. The molecular formula is C22H17F2N3O2S2. The van der Waals surface area contributed by atoms with E-state index in [1.54, 1.807) is 11.4 Å². The van der Waals surface area contributed by atoms with E-state index in [4.69, 9.17) is 0 Å². The van der Waals surface area contributed by atoms with Crippen LogP contribution in [0.4, 0.5) is 14.5 Å². The summed E-state index contributed by atoms with van der Waals surface area (Å²) in [5.74, 6) is -2.06. The Morgan fingerprint density at radius 1 is 1.16 bits per heavy atom. The quantitative estimate of drug-likeness (QED) is 0.336. The highest BCUT2D eigenvalue weighted by atomic mass is 32.2. The maximum atomic E-state index is 13.8. The average Bonchev–Trinajstić information content (AvgIpc) is 3.19. The minimum atomic E-state index is -0.732. The first-order chi connectivity index (χ1) is 14.8. The molecule has 4 aromatic rings. The van der Waals surface area contributed by atoms with Crippen molar-refractivity contribution in [2.45, 2.75) is 19.0 Å². The highest BCUT2D eigenvalue weighted by molar-refractivity contribution is 7.99. The lowest BCUT2D eigenvalue weighted by Gasteiger charge is -2.14. The summed E-state index contributed by atoms with van der Waals surface area (Å²) in [4.78, 5) is 30.1. The van der Waals surface area contributed by atoms with Crippen LogP contribution in [0.25, 0.3) is 15.9 Å². The second kappa shape index (κ2) is 8.60. The zero-order valence-electron chi connectivity index (χ0n) is 16.6. The number of halogens is 2. The predicted octanol–water partition coefficient (Wildman–Crippen LogP) is 5.07. The Balaban J connectivity index is 1.67. The van der Waals surface area contributed by atoms with Gasteiger partial charge in [0.1, 0.15) is 16.3 Å². The van der Waals surface area contributed by atoms with Crippen LogP contribution in [0.5, 0.6) is 0 Å². The SMILES string of the molecule is Cc1ccc(-n2c(SCC(=O)Nc3cc(F)ccc3F)nc3ccsc3c2=O)c(C)c1. The molecule has 2 aromatic carbocycles. The molecule has 0 unspecified atom stereocenters. The molecule has 0 atom stereocenters. The van der Waals surface area contributed by atoms with Gasteiger partial charge in [-0.05, 0) is 49.1 Å². The fourth-order valence-corrected chi connectivity index (χ4v) is 4.73. The van der Waals surface area contributed by atoms with Crippen molar-refractivity contribution in [3.8, 4) is 5.69 Å². The number of carbonyl (C=O) groups excluding carboxylic acids is 1. The molecule has 5 nitrogen and oxygen atoms in total. The molecule has 31 heavy (non-hydrogen) atoms. The Bertz CT molecular complexity index is 1360. The van der Waals surface area contributed by atoms with Crippen molar-refractivity contribution in [3.63, 3.8) is 0 Å². The van der Waals surface area contributed by atoms with E-state index in [1.807, 2.05) is 32.0 Å². The van der Waals surface area contributed by atoms with Gasteiger partial charge in [0.05, 0.1) is 22.6 Å². The predicted molar refractivity (Wildman–Crippen MR) is 120 cm³/mol. The smallest absolute Gasteiger partial charge is 0.276 e. The number of rotatable bonds is 5. The van der Waals surface area contributed by atoms with Crippen molar-refractivity contribution in [3.05, 3.63) is 81.0 Å². The van der Waals surface area contributed by atoms with Gasteiger partial charge in [0.15, 0.2) is 5.16 Å². The minimum absolute atomic E-state index is 0.136. The van der Waals surface area contributed by atoms with Crippen LogP contribution in [-0.4, -0.2) is 21.2 Å². The van der Waals surface area contributed by atoms with Crippen LogP contribution >= 0.6 is 23.1 Å². The van der Waals surface area contributed by atoms with Crippen molar-refractivity contribution < 1.29 is 13.6 Å². The summed E-state index contributed by atoms with van der Waals surface area (Å²) >= 11 is 2.36. The van der Waals surface area contributed by atoms with Crippen LogP contribution in [0.3, 0.4) is 0 Å². The third kappa shape index (κ3) is 4.38. The number of thioether (sulfide) groups is 1. The van der Waals surface area contributed by atoms with Gasteiger partial charge in [-0.3, -0.25) is 14.2 Å². The van der Waals surface area contributed by atoms with Gasteiger partial charge in [0.2, 0.25) is 5.91 Å². The Labute approximate surface area is 184 Å². The topological polar surface area (TPSA) is 64.0 Å². The lowest BCUT2D eigenvalue weighted by molar-refractivity contribution is -0.113. The van der Waals surface area contributed by atoms with E-state index in [0.717, 1.165) is 41.1 Å². The van der Waals surface area contributed by atoms with Crippen molar-refractivity contribution in [2.75, 3.05) is 11.1 Å². The van der Waals surface area contributed by atoms with E-state index in [0.29, 0.717) is 21.1 Å². The first kappa shape index (κ1) is 21.2. The average molecular weight is 458 g/mol. The first-order valence-corrected chi connectivity index (χ1v) is 11.2. The molecule has 0 radical (unpaired) electrons. The largest absolute Gasteiger partial charge is 0.323 e. The van der Waals surface area contributed by atoms with Gasteiger partial charge < -0.3 is 5.32 Å². The highest BCUT2D eigenvalue weighted by Gasteiger charge is 2.17. The number of carbonyl (C=O) groups is 1. The maximum absolute atomic E-state index is 13.8. The van der Waals surface area contributed by atoms with Crippen LogP contribution in [0, 0.1) is 25.5 Å². The van der Waals surface area contributed by atoms with Crippen molar-refractivity contribution in [2.24, 2.45) is 0 Å². The van der Waals surface area contributed by atoms with Crippen molar-refractivity contribution >= 4 is 44.9 Å². The molecule has 0 spiro atoms. The molecule has 0 fully saturated rings. The van der Waals surface area contributed by atoms with Gasteiger partial charge in [-0.1, -0.05) is 29.5 Å². The van der Waals surface area contributed by atoms with E-state index < -0.39 is 17.5 Å². The number of aromatic nitrogens is 2. The van der Waals surface area contributed by atoms with Gasteiger partial charge in [-0.15, -0.1) is 11.3 Å². The molecule has 9 heteroatoms. The summed E-state index contributed by atoms with van der Waals surface area (Å²) in [6.45, 7) is 3.87. The number of benzene rings is 2. The second-order valence-corrected chi connectivity index (χ2v) is 8.78. The van der Waals surface area contributed by atoms with E-state index >= 15 is 0 Å². The van der Waals surface area contributed by atoms with Crippen LogP contribution in [0.1, 0.15) is 11.1 Å². The molecule has 158 valence electrons. The molecule has 0 saturated heterocycles. The molecule has 0 saturated carbocycles. The zero-order chi connectivity index (χ0) is 22.1. The Morgan fingerprint density at radius 3 is 2.74 bits per heavy atom. The summed E-state index contributed by atoms with van der Waals surface area (Å²) < 4.78 is 29.2. The van der Waals surface area contributed by atoms with Gasteiger partial charge in [0, 0.05) is 6.07 Å². The van der Waals surface area contributed by atoms with Crippen LogP contribution in [0.2, 0.25) is 0 Å². The number of anilines is 1. The van der Waals surface area contributed by atoms with Crippen molar-refractivity contribution in [1.82, 2.24) is 9.55 Å². The van der Waals surface area contributed by atoms with Crippen LogP contribution in [0.15, 0.2) is 57.8 Å². The number of thiophene rings is 1. The second-order valence-electron chi connectivity index (χ2n) is 6.92. The van der Waals surface area contributed by atoms with E-state index in [-0.39, 0.29) is 17.0 Å². The Morgan fingerprint density at radius 2 is 1.97 bits per heavy atom. The molecule has 0 aliphatic rings. The van der Waals surface area contributed by atoms with E-state index in [1.165, 1.54) is 15.9 Å². The molecule has 1 N–H and O–H groups in total. The molecule has 4 rings (SSSR count). The summed E-state index contributed by atoms with van der Waals surface area (Å²) in [6.07, 6.45) is 0. The minimum Gasteiger partial charge on any atom is -0.323 e. The standard InChI is InChI=1S/C22H17F2N3O2S2/c1-12-3-6-18(13(2)9-12)27-21(29)20-16(7-8-30-20)26-22(27)31-11-19(28)25-17-10-14(23)4-5-15(17)24/h3-10H,11H2,1-2H3,(H,25,28). The molecule has 2 heterocycles. The van der Waals surface area contributed by atoms with Crippen molar-refractivity contribution in [1.29, 1.82) is 0 Å². The Hall–Kier alpha value is -3.04. The molecule has 1 amide bonds. The summed E-state index contributed by atoms with van der Waals surface area (Å²) in [5.41, 5.74) is 2.73. The van der Waals surface area contributed by atoms with Crippen LogP contribution in [-0.2, 0) is 4.79 Å². The zero-order valence-corrected chi connectivity index (χ0v) is 18.2. The van der Waals surface area contributed by atoms with Crippen LogP contribution < -0.4 is 10.9 Å². The first-order valence-electron chi connectivity index (χ1n) is 9.29. The third-order valence-electron chi connectivity index (χ3n) is 4.58. The molecule has 2 aromatic heterocycles. The maximum Gasteiger partial charge on any atom is 0.276 e. The number of fused-ring (bicyclic) bond motifs is 1. The van der Waals surface area contributed by atoms with Gasteiger partial charge >= 0.3 is 0 Å². The number of nitrogens with one attached hydrogen (secondary N) is 1. The summed E-state index contributed by atoms with van der Waals surface area (Å²) in [5, 5.41) is 4.49. The lowest BCUT2D eigenvalue weighted by Crippen LogP contribution is -2.23. The number of hydrogen-bond donors (Lipinski definition) is 1. The van der Waals surface area contributed by atoms with Gasteiger partial charge in [0.25, 0.3) is 5.56 Å². The fourth-order valence-electron chi connectivity index (χ4n) is 3.17. The lowest BCUT2D eigenvalue weighted by atomic mass is 10.1. The Kier molecular flexibility index (Phi) is 5.88. The monoisotopic (exact) mass is 457 g/mol. The number of amides is 1. The van der Waals surface area contributed by atoms with E-state index in [9.17, 15) is 18.4 Å². The highest BCUT2D eigenvalue weighted by Crippen LogP contribution is 2.26. The number of hydrogen-bond acceptors (Lipinski definition) is 5. The summed E-state index contributed by atoms with van der Waals surface area (Å²) in [7, 11) is 0. The summed E-state index contributed by atoms with van der Waals surface area (Å²) in [6, 6.07) is 10.3. The number of aryl methyl sites for hydroxylation is 2. The van der Waals surface area contributed by atoms with Gasteiger partial charge in [-0.2, -0.15) is 0 Å². The molecule has 0 aliphatic heterocycles. The third-order valence-corrected chi connectivity index (χ3v) is 6.41. The van der Waals surface area contributed by atoms with E-state index in [2.05, 4.69) is 10.3 Å². The number of nitrogens with zero attached hydrogens (tertiary/aromatic N) is 2. The van der Waals surface area contributed by atoms with Gasteiger partial charge in [-0.25, -0.2) is 13.8 Å². The molecule has 0 bridgehead atoms. The molecule has 0 aliphatic carbocycles. The molecular weight excluding hydrogens is 440 g/mol. The fraction of sp³-hybridized carbons (Fsp3) is 0.136.